The summed E-state index contributed by atoms with van der Waals surface area (Å²) in [6.07, 6.45) is 1.12. The van der Waals surface area contributed by atoms with Crippen LogP contribution in [0.25, 0.3) is 0 Å². The van der Waals surface area contributed by atoms with Gasteiger partial charge in [0.15, 0.2) is 0 Å². The lowest BCUT2D eigenvalue weighted by molar-refractivity contribution is -0.142. The van der Waals surface area contributed by atoms with Crippen LogP contribution in [-0.4, -0.2) is 16.6 Å². The van der Waals surface area contributed by atoms with Crippen molar-refractivity contribution in [3.63, 3.8) is 0 Å². The molecule has 94 valence electrons. The van der Waals surface area contributed by atoms with Crippen LogP contribution in [0, 0.1) is 13.8 Å². The number of aliphatic carboxylic acids is 1. The van der Waals surface area contributed by atoms with Crippen molar-refractivity contribution in [3.05, 3.63) is 29.3 Å². The maximum atomic E-state index is 11.4. The first-order valence-corrected chi connectivity index (χ1v) is 6.03. The minimum Gasteiger partial charge on any atom is -0.480 e. The highest BCUT2D eigenvalue weighted by Crippen LogP contribution is 2.24. The minimum absolute atomic E-state index is 0.561. The highest BCUT2D eigenvalue weighted by Gasteiger charge is 2.34. The Hall–Kier alpha value is -1.51. The lowest BCUT2D eigenvalue weighted by Gasteiger charge is -2.29. The second kappa shape index (κ2) is 5.21. The predicted octanol–water partition coefficient (Wildman–Crippen LogP) is 3.36. The van der Waals surface area contributed by atoms with Crippen LogP contribution in [0.3, 0.4) is 0 Å². The van der Waals surface area contributed by atoms with Gasteiger partial charge in [-0.1, -0.05) is 19.9 Å². The molecule has 2 N–H and O–H groups in total. The zero-order valence-electron chi connectivity index (χ0n) is 11.0. The molecule has 0 radical (unpaired) electrons. The van der Waals surface area contributed by atoms with E-state index in [0.29, 0.717) is 12.8 Å². The molecule has 1 rings (SSSR count). The van der Waals surface area contributed by atoms with Crippen LogP contribution in [0.5, 0.6) is 0 Å². The molecule has 0 aliphatic heterocycles. The van der Waals surface area contributed by atoms with Crippen molar-refractivity contribution in [2.45, 2.75) is 46.1 Å². The van der Waals surface area contributed by atoms with E-state index in [1.54, 1.807) is 0 Å². The van der Waals surface area contributed by atoms with Gasteiger partial charge in [0, 0.05) is 5.69 Å². The van der Waals surface area contributed by atoms with Gasteiger partial charge in [0.25, 0.3) is 0 Å². The number of anilines is 1. The van der Waals surface area contributed by atoms with Crippen molar-refractivity contribution in [1.29, 1.82) is 0 Å². The van der Waals surface area contributed by atoms with Crippen LogP contribution < -0.4 is 5.32 Å². The molecular weight excluding hydrogens is 214 g/mol. The van der Waals surface area contributed by atoms with Crippen molar-refractivity contribution in [2.75, 3.05) is 5.32 Å². The van der Waals surface area contributed by atoms with Crippen LogP contribution in [0.15, 0.2) is 18.2 Å². The molecule has 0 aliphatic carbocycles. The molecule has 1 aromatic carbocycles. The van der Waals surface area contributed by atoms with Gasteiger partial charge in [-0.25, -0.2) is 4.79 Å². The van der Waals surface area contributed by atoms with Crippen LogP contribution in [0.2, 0.25) is 0 Å². The summed E-state index contributed by atoms with van der Waals surface area (Å²) in [5.74, 6) is -0.790. The maximum absolute atomic E-state index is 11.4. The molecule has 0 saturated carbocycles. The summed E-state index contributed by atoms with van der Waals surface area (Å²) < 4.78 is 0. The third kappa shape index (κ3) is 2.99. The smallest absolute Gasteiger partial charge is 0.329 e. The SMILES string of the molecule is CCC(CC)(Nc1cc(C)cc(C)c1)C(=O)O. The number of aryl methyl sites for hydroxylation is 2. The van der Waals surface area contributed by atoms with Gasteiger partial charge in [0.05, 0.1) is 0 Å². The van der Waals surface area contributed by atoms with Crippen LogP contribution in [-0.2, 0) is 4.79 Å². The number of carboxylic acids is 1. The number of carboxylic acid groups (broad SMARTS) is 1. The van der Waals surface area contributed by atoms with E-state index in [0.717, 1.165) is 16.8 Å². The molecule has 17 heavy (non-hydrogen) atoms. The van der Waals surface area contributed by atoms with E-state index in [-0.39, 0.29) is 0 Å². The number of hydrogen-bond donors (Lipinski definition) is 2. The monoisotopic (exact) mass is 235 g/mol. The average molecular weight is 235 g/mol. The highest BCUT2D eigenvalue weighted by atomic mass is 16.4. The zero-order valence-corrected chi connectivity index (χ0v) is 11.0. The van der Waals surface area contributed by atoms with Gasteiger partial charge in [-0.15, -0.1) is 0 Å². The fourth-order valence-electron chi connectivity index (χ4n) is 2.11. The minimum atomic E-state index is -0.861. The van der Waals surface area contributed by atoms with E-state index in [2.05, 4.69) is 11.4 Å². The van der Waals surface area contributed by atoms with E-state index in [4.69, 9.17) is 0 Å². The van der Waals surface area contributed by atoms with Crippen molar-refractivity contribution < 1.29 is 9.90 Å². The summed E-state index contributed by atoms with van der Waals surface area (Å²) in [5.41, 5.74) is 2.30. The first-order valence-electron chi connectivity index (χ1n) is 6.03. The van der Waals surface area contributed by atoms with Crippen LogP contribution in [0.4, 0.5) is 5.69 Å². The van der Waals surface area contributed by atoms with Crippen molar-refractivity contribution in [2.24, 2.45) is 0 Å². The van der Waals surface area contributed by atoms with Crippen molar-refractivity contribution in [1.82, 2.24) is 0 Å². The third-order valence-electron chi connectivity index (χ3n) is 3.22. The Labute approximate surface area is 103 Å². The summed E-state index contributed by atoms with van der Waals surface area (Å²) in [4.78, 5) is 11.4. The predicted molar refractivity (Wildman–Crippen MR) is 70.5 cm³/mol. The van der Waals surface area contributed by atoms with Crippen LogP contribution in [0.1, 0.15) is 37.8 Å². The molecule has 0 saturated heterocycles. The Kier molecular flexibility index (Phi) is 4.16. The van der Waals surface area contributed by atoms with E-state index in [1.165, 1.54) is 0 Å². The number of benzene rings is 1. The molecule has 0 atom stereocenters. The van der Waals surface area contributed by atoms with Gasteiger partial charge >= 0.3 is 5.97 Å². The quantitative estimate of drug-likeness (QED) is 0.822. The molecular formula is C14H21NO2. The topological polar surface area (TPSA) is 49.3 Å². The Morgan fingerprint density at radius 1 is 1.18 bits per heavy atom. The molecule has 0 amide bonds. The fourth-order valence-corrected chi connectivity index (χ4v) is 2.11. The standard InChI is InChI=1S/C14H21NO2/c1-5-14(6-2,13(16)17)15-12-8-10(3)7-11(4)9-12/h7-9,15H,5-6H2,1-4H3,(H,16,17). The zero-order chi connectivity index (χ0) is 13.1. The molecule has 0 bridgehead atoms. The van der Waals surface area contributed by atoms with Gasteiger partial charge in [0.2, 0.25) is 0 Å². The number of nitrogens with one attached hydrogen (secondary N) is 1. The van der Waals surface area contributed by atoms with E-state index in [1.807, 2.05) is 39.8 Å². The molecule has 3 heteroatoms. The Bertz CT molecular complexity index is 388. The fraction of sp³-hybridized carbons (Fsp3) is 0.500. The summed E-state index contributed by atoms with van der Waals surface area (Å²) in [7, 11) is 0. The lowest BCUT2D eigenvalue weighted by Crippen LogP contribution is -2.45. The Balaban J connectivity index is 3.05. The number of rotatable bonds is 5. The largest absolute Gasteiger partial charge is 0.480 e. The second-order valence-electron chi connectivity index (χ2n) is 4.60. The summed E-state index contributed by atoms with van der Waals surface area (Å²) in [6.45, 7) is 7.82. The van der Waals surface area contributed by atoms with Gasteiger partial charge in [-0.05, 0) is 49.9 Å². The molecule has 0 heterocycles. The van der Waals surface area contributed by atoms with Crippen LogP contribution >= 0.6 is 0 Å². The van der Waals surface area contributed by atoms with Crippen molar-refractivity contribution in [3.8, 4) is 0 Å². The highest BCUT2D eigenvalue weighted by molar-refractivity contribution is 5.82. The normalized spacial score (nSPS) is 11.3. The summed E-state index contributed by atoms with van der Waals surface area (Å²) in [5, 5.41) is 12.5. The summed E-state index contributed by atoms with van der Waals surface area (Å²) >= 11 is 0. The number of carbonyl (C=O) groups is 1. The Morgan fingerprint density at radius 2 is 1.65 bits per heavy atom. The van der Waals surface area contributed by atoms with E-state index < -0.39 is 11.5 Å². The third-order valence-corrected chi connectivity index (χ3v) is 3.22. The first-order chi connectivity index (χ1) is 7.93. The van der Waals surface area contributed by atoms with E-state index in [9.17, 15) is 9.90 Å². The lowest BCUT2D eigenvalue weighted by atomic mass is 9.92. The molecule has 1 aromatic rings. The Morgan fingerprint density at radius 3 is 2.00 bits per heavy atom. The van der Waals surface area contributed by atoms with E-state index >= 15 is 0 Å². The average Bonchev–Trinajstić information content (AvgIpc) is 2.24. The first kappa shape index (κ1) is 13.6. The van der Waals surface area contributed by atoms with Gasteiger partial charge in [0.1, 0.15) is 5.54 Å². The summed E-state index contributed by atoms with van der Waals surface area (Å²) in [6, 6.07) is 6.04. The number of hydrogen-bond acceptors (Lipinski definition) is 2. The molecule has 0 unspecified atom stereocenters. The van der Waals surface area contributed by atoms with Crippen molar-refractivity contribution >= 4 is 11.7 Å². The molecule has 0 spiro atoms. The molecule has 3 nitrogen and oxygen atoms in total. The maximum Gasteiger partial charge on any atom is 0.329 e. The molecule has 0 fully saturated rings. The van der Waals surface area contributed by atoms with Gasteiger partial charge < -0.3 is 10.4 Å². The molecule has 0 aromatic heterocycles. The second-order valence-corrected chi connectivity index (χ2v) is 4.60. The van der Waals surface area contributed by atoms with Gasteiger partial charge in [-0.3, -0.25) is 0 Å². The van der Waals surface area contributed by atoms with Gasteiger partial charge in [-0.2, -0.15) is 0 Å². The molecule has 0 aliphatic rings.